The van der Waals surface area contributed by atoms with Crippen LogP contribution >= 0.6 is 11.6 Å². The quantitative estimate of drug-likeness (QED) is 0.547. The minimum absolute atomic E-state index is 0.0210. The number of amides is 1. The molecule has 0 radical (unpaired) electrons. The molecule has 8 heteroatoms. The molecule has 4 N–H and O–H groups in total. The van der Waals surface area contributed by atoms with Crippen LogP contribution < -0.4 is 11.1 Å². The molecule has 2 rings (SSSR count). The Kier molecular flexibility index (Phi) is 6.12. The highest BCUT2D eigenvalue weighted by Gasteiger charge is 2.26. The summed E-state index contributed by atoms with van der Waals surface area (Å²) in [4.78, 5) is 14.0. The van der Waals surface area contributed by atoms with E-state index in [1.54, 1.807) is 0 Å². The van der Waals surface area contributed by atoms with Crippen LogP contribution in [0.5, 0.6) is 0 Å². The molecule has 1 atom stereocenters. The number of hydrogen-bond acceptors (Lipinski definition) is 5. The molecule has 1 aromatic carbocycles. The topological polar surface area (TPSA) is 106 Å². The van der Waals surface area contributed by atoms with E-state index in [9.17, 15) is 9.18 Å². The van der Waals surface area contributed by atoms with Crippen LogP contribution in [-0.2, 0) is 4.79 Å². The summed E-state index contributed by atoms with van der Waals surface area (Å²) in [6.07, 6.45) is 1.00. The van der Waals surface area contributed by atoms with Gasteiger partial charge in [-0.3, -0.25) is 15.1 Å². The van der Waals surface area contributed by atoms with Gasteiger partial charge in [-0.2, -0.15) is 5.26 Å². The van der Waals surface area contributed by atoms with E-state index >= 15 is 0 Å². The van der Waals surface area contributed by atoms with E-state index in [-0.39, 0.29) is 22.3 Å². The van der Waals surface area contributed by atoms with Crippen molar-refractivity contribution in [1.29, 1.82) is 10.7 Å². The van der Waals surface area contributed by atoms with Crippen molar-refractivity contribution in [3.05, 3.63) is 45.9 Å². The Bertz CT molecular complexity index is 771. The van der Waals surface area contributed by atoms with E-state index in [2.05, 4.69) is 11.4 Å². The van der Waals surface area contributed by atoms with Gasteiger partial charge in [-0.15, -0.1) is 0 Å². The van der Waals surface area contributed by atoms with Crippen LogP contribution in [0, 0.1) is 22.6 Å². The van der Waals surface area contributed by atoms with Crippen molar-refractivity contribution in [2.45, 2.75) is 18.9 Å². The molecule has 1 aliphatic heterocycles. The summed E-state index contributed by atoms with van der Waals surface area (Å²) in [5, 5.41) is 20.2. The Hall–Kier alpha value is -2.43. The Morgan fingerprint density at radius 1 is 1.60 bits per heavy atom. The molecule has 1 aliphatic rings. The molecule has 25 heavy (non-hydrogen) atoms. The lowest BCUT2D eigenvalue weighted by Crippen LogP contribution is -2.49. The first-order chi connectivity index (χ1) is 11.8. The van der Waals surface area contributed by atoms with Crippen molar-refractivity contribution in [3.63, 3.8) is 0 Å². The number of rotatable bonds is 5. The highest BCUT2D eigenvalue weighted by Crippen LogP contribution is 2.21. The summed E-state index contributed by atoms with van der Waals surface area (Å²) in [6.45, 7) is 1.13. The Morgan fingerprint density at radius 2 is 2.32 bits per heavy atom. The minimum atomic E-state index is -0.748. The first-order valence-corrected chi connectivity index (χ1v) is 8.10. The standard InChI is InChI=1S/C17H19ClFN5O/c1-24-8-11(3-2-6-20)23-14(9-24)15(17(22)25)16(21)10-4-5-13(19)12(18)7-10/h4-5,7,11,21,23H,2-3,8-9H2,1H3,(H2,22,25)/b15-14+,21-16?. The number of primary amides is 1. The largest absolute Gasteiger partial charge is 0.383 e. The number of nitrogens with two attached hydrogens (primary N) is 1. The third kappa shape index (κ3) is 4.56. The lowest BCUT2D eigenvalue weighted by Gasteiger charge is -2.34. The second-order valence-corrected chi connectivity index (χ2v) is 6.36. The number of nitrogens with one attached hydrogen (secondary N) is 2. The molecular weight excluding hydrogens is 345 g/mol. The SMILES string of the molecule is CN1C/C(=C(/C(=N)c2ccc(F)c(Cl)c2)C(N)=O)NC(CCC#N)C1. The van der Waals surface area contributed by atoms with Gasteiger partial charge in [0.25, 0.3) is 5.91 Å². The second kappa shape index (κ2) is 8.10. The fourth-order valence-electron chi connectivity index (χ4n) is 2.82. The maximum absolute atomic E-state index is 13.3. The van der Waals surface area contributed by atoms with Crippen LogP contribution in [-0.4, -0.2) is 42.7 Å². The van der Waals surface area contributed by atoms with Gasteiger partial charge < -0.3 is 11.1 Å². The molecule has 1 saturated heterocycles. The van der Waals surface area contributed by atoms with Crippen LogP contribution in [0.3, 0.4) is 0 Å². The van der Waals surface area contributed by atoms with Gasteiger partial charge in [0.1, 0.15) is 5.82 Å². The summed E-state index contributed by atoms with van der Waals surface area (Å²) in [5.74, 6) is -1.35. The molecule has 1 unspecified atom stereocenters. The van der Waals surface area contributed by atoms with E-state index in [0.717, 1.165) is 6.07 Å². The first kappa shape index (κ1) is 18.9. The molecule has 1 amide bonds. The summed E-state index contributed by atoms with van der Waals surface area (Å²) >= 11 is 5.77. The predicted molar refractivity (Wildman–Crippen MR) is 93.7 cm³/mol. The molecule has 1 aromatic rings. The zero-order chi connectivity index (χ0) is 18.6. The summed E-state index contributed by atoms with van der Waals surface area (Å²) in [7, 11) is 1.89. The van der Waals surface area contributed by atoms with Crippen LogP contribution in [0.4, 0.5) is 4.39 Å². The van der Waals surface area contributed by atoms with Crippen molar-refractivity contribution < 1.29 is 9.18 Å². The fraction of sp³-hybridized carbons (Fsp3) is 0.353. The number of carbonyl (C=O) groups excluding carboxylic acids is 1. The molecule has 1 heterocycles. The van der Waals surface area contributed by atoms with Gasteiger partial charge in [-0.05, 0) is 31.7 Å². The van der Waals surface area contributed by atoms with E-state index < -0.39 is 11.7 Å². The Labute approximate surface area is 150 Å². The maximum Gasteiger partial charge on any atom is 0.252 e. The van der Waals surface area contributed by atoms with E-state index in [1.165, 1.54) is 12.1 Å². The van der Waals surface area contributed by atoms with E-state index in [4.69, 9.17) is 28.0 Å². The van der Waals surface area contributed by atoms with Crippen molar-refractivity contribution in [3.8, 4) is 6.07 Å². The normalized spacial score (nSPS) is 19.7. The molecule has 132 valence electrons. The lowest BCUT2D eigenvalue weighted by atomic mass is 9.97. The molecule has 0 bridgehead atoms. The average Bonchev–Trinajstić information content (AvgIpc) is 2.54. The molecule has 0 saturated carbocycles. The zero-order valence-electron chi connectivity index (χ0n) is 13.8. The second-order valence-electron chi connectivity index (χ2n) is 5.96. The maximum atomic E-state index is 13.3. The van der Waals surface area contributed by atoms with Crippen LogP contribution in [0.25, 0.3) is 0 Å². The van der Waals surface area contributed by atoms with Gasteiger partial charge in [-0.25, -0.2) is 4.39 Å². The smallest absolute Gasteiger partial charge is 0.252 e. The molecule has 1 fully saturated rings. The van der Waals surface area contributed by atoms with Gasteiger partial charge in [0, 0.05) is 36.8 Å². The number of nitrogens with zero attached hydrogens (tertiary/aromatic N) is 2. The van der Waals surface area contributed by atoms with E-state index in [1.807, 2.05) is 11.9 Å². The third-order valence-electron chi connectivity index (χ3n) is 3.95. The molecule has 0 aliphatic carbocycles. The minimum Gasteiger partial charge on any atom is -0.383 e. The predicted octanol–water partition coefficient (Wildman–Crippen LogP) is 1.79. The molecule has 0 spiro atoms. The number of nitriles is 1. The summed E-state index contributed by atoms with van der Waals surface area (Å²) in [5.41, 5.74) is 6.25. The molecule has 0 aromatic heterocycles. The molecular formula is C17H19ClFN5O. The fourth-order valence-corrected chi connectivity index (χ4v) is 3.00. The lowest BCUT2D eigenvalue weighted by molar-refractivity contribution is -0.114. The highest BCUT2D eigenvalue weighted by molar-refractivity contribution is 6.32. The van der Waals surface area contributed by atoms with Gasteiger partial charge >= 0.3 is 0 Å². The number of benzene rings is 1. The average molecular weight is 364 g/mol. The van der Waals surface area contributed by atoms with Gasteiger partial charge in [0.15, 0.2) is 0 Å². The number of likely N-dealkylation sites (N-methyl/N-ethyl adjacent to an activating group) is 1. The molecule has 6 nitrogen and oxygen atoms in total. The van der Waals surface area contributed by atoms with Crippen molar-refractivity contribution in [1.82, 2.24) is 10.2 Å². The third-order valence-corrected chi connectivity index (χ3v) is 4.24. The number of halogens is 2. The zero-order valence-corrected chi connectivity index (χ0v) is 14.5. The van der Waals surface area contributed by atoms with Crippen LogP contribution in [0.15, 0.2) is 29.5 Å². The monoisotopic (exact) mass is 363 g/mol. The summed E-state index contributed by atoms with van der Waals surface area (Å²) in [6, 6.07) is 5.90. The first-order valence-electron chi connectivity index (χ1n) is 7.72. The number of carbonyl (C=O) groups is 1. The van der Waals surface area contributed by atoms with Crippen molar-refractivity contribution >= 4 is 23.2 Å². The van der Waals surface area contributed by atoms with Crippen molar-refractivity contribution in [2.24, 2.45) is 5.73 Å². The summed E-state index contributed by atoms with van der Waals surface area (Å²) < 4.78 is 13.3. The van der Waals surface area contributed by atoms with Crippen LogP contribution in [0.2, 0.25) is 5.02 Å². The van der Waals surface area contributed by atoms with Crippen molar-refractivity contribution in [2.75, 3.05) is 20.1 Å². The Balaban J connectivity index is 2.39. The van der Waals surface area contributed by atoms with Gasteiger partial charge in [-0.1, -0.05) is 11.6 Å². The Morgan fingerprint density at radius 3 is 2.92 bits per heavy atom. The van der Waals surface area contributed by atoms with Crippen LogP contribution in [0.1, 0.15) is 18.4 Å². The number of piperazine rings is 1. The van der Waals surface area contributed by atoms with E-state index in [0.29, 0.717) is 37.2 Å². The van der Waals surface area contributed by atoms with Gasteiger partial charge in [0.2, 0.25) is 0 Å². The number of hydrogen-bond donors (Lipinski definition) is 3. The van der Waals surface area contributed by atoms with Gasteiger partial charge in [0.05, 0.1) is 22.4 Å². The highest BCUT2D eigenvalue weighted by atomic mass is 35.5.